The minimum Gasteiger partial charge on any atom is -0.409 e. The molecular formula is C11H16N4O3. The molecule has 0 spiro atoms. The largest absolute Gasteiger partial charge is 0.409 e. The molecule has 1 rings (SSSR count). The van der Waals surface area contributed by atoms with E-state index in [2.05, 4.69) is 10.1 Å². The van der Waals surface area contributed by atoms with E-state index in [4.69, 9.17) is 16.0 Å². The van der Waals surface area contributed by atoms with Crippen LogP contribution >= 0.6 is 0 Å². The second-order valence-electron chi connectivity index (χ2n) is 3.87. The molecule has 1 heterocycles. The highest BCUT2D eigenvalue weighted by molar-refractivity contribution is 5.98. The molecule has 1 unspecified atom stereocenters. The first kappa shape index (κ1) is 13.9. The van der Waals surface area contributed by atoms with Crippen LogP contribution in [0.3, 0.4) is 0 Å². The van der Waals surface area contributed by atoms with Gasteiger partial charge in [-0.05, 0) is 19.1 Å². The zero-order valence-electron chi connectivity index (χ0n) is 10.2. The van der Waals surface area contributed by atoms with E-state index < -0.39 is 0 Å². The number of nitrogens with zero attached hydrogens (tertiary/aromatic N) is 3. The van der Waals surface area contributed by atoms with Crippen molar-refractivity contribution >= 4 is 11.7 Å². The summed E-state index contributed by atoms with van der Waals surface area (Å²) in [6.07, 6.45) is 1.35. The van der Waals surface area contributed by atoms with Gasteiger partial charge in [0.05, 0.1) is 12.6 Å². The van der Waals surface area contributed by atoms with Crippen molar-refractivity contribution in [3.8, 4) is 0 Å². The standard InChI is InChI=1S/C11H16N4O3/c1-7(6-16)15(2)11(17)9-4-3-8(5-13-9)10(12)14-18/h3-5,7,16,18H,6H2,1-2H3,(H2,12,14). The molecule has 0 aliphatic heterocycles. The maximum atomic E-state index is 11.9. The van der Waals surface area contributed by atoms with Crippen molar-refractivity contribution in [3.63, 3.8) is 0 Å². The zero-order chi connectivity index (χ0) is 13.7. The van der Waals surface area contributed by atoms with Gasteiger partial charge in [-0.2, -0.15) is 0 Å². The lowest BCUT2D eigenvalue weighted by molar-refractivity contribution is 0.0676. The summed E-state index contributed by atoms with van der Waals surface area (Å²) in [6.45, 7) is 1.60. The Labute approximate surface area is 105 Å². The van der Waals surface area contributed by atoms with Gasteiger partial charge in [-0.3, -0.25) is 9.78 Å². The number of nitrogens with two attached hydrogens (primary N) is 1. The topological polar surface area (TPSA) is 112 Å². The molecule has 0 saturated heterocycles. The highest BCUT2D eigenvalue weighted by atomic mass is 16.4. The maximum Gasteiger partial charge on any atom is 0.272 e. The number of amides is 1. The molecule has 0 bridgehead atoms. The van der Waals surface area contributed by atoms with Gasteiger partial charge >= 0.3 is 0 Å². The Morgan fingerprint density at radius 3 is 2.72 bits per heavy atom. The molecular weight excluding hydrogens is 236 g/mol. The minimum atomic E-state index is -0.303. The van der Waals surface area contributed by atoms with Crippen LogP contribution < -0.4 is 5.73 Å². The molecule has 1 aromatic rings. The van der Waals surface area contributed by atoms with Crippen molar-refractivity contribution in [3.05, 3.63) is 29.6 Å². The number of pyridine rings is 1. The number of likely N-dealkylation sites (N-methyl/N-ethyl adjacent to an activating group) is 1. The van der Waals surface area contributed by atoms with Gasteiger partial charge in [0.15, 0.2) is 5.84 Å². The van der Waals surface area contributed by atoms with Crippen LogP contribution in [0.4, 0.5) is 0 Å². The number of rotatable bonds is 4. The van der Waals surface area contributed by atoms with E-state index in [-0.39, 0.29) is 30.1 Å². The summed E-state index contributed by atoms with van der Waals surface area (Å²) in [7, 11) is 1.59. The number of oxime groups is 1. The first-order chi connectivity index (χ1) is 8.51. The van der Waals surface area contributed by atoms with E-state index in [0.29, 0.717) is 5.56 Å². The number of carbonyl (C=O) groups excluding carboxylic acids is 1. The predicted molar refractivity (Wildman–Crippen MR) is 65.4 cm³/mol. The minimum absolute atomic E-state index is 0.0708. The van der Waals surface area contributed by atoms with Crippen LogP contribution in [-0.2, 0) is 0 Å². The molecule has 7 heteroatoms. The highest BCUT2D eigenvalue weighted by Crippen LogP contribution is 2.05. The third-order valence-corrected chi connectivity index (χ3v) is 2.63. The monoisotopic (exact) mass is 252 g/mol. The van der Waals surface area contributed by atoms with Gasteiger partial charge in [-0.25, -0.2) is 0 Å². The summed E-state index contributed by atoms with van der Waals surface area (Å²) < 4.78 is 0. The highest BCUT2D eigenvalue weighted by Gasteiger charge is 2.17. The van der Waals surface area contributed by atoms with Crippen molar-refractivity contribution in [2.75, 3.05) is 13.7 Å². The molecule has 0 saturated carbocycles. The average Bonchev–Trinajstić information content (AvgIpc) is 2.44. The summed E-state index contributed by atoms with van der Waals surface area (Å²) in [5.74, 6) is -0.374. The fourth-order valence-corrected chi connectivity index (χ4v) is 1.23. The van der Waals surface area contributed by atoms with Crippen LogP contribution in [0, 0.1) is 0 Å². The maximum absolute atomic E-state index is 11.9. The van der Waals surface area contributed by atoms with Crippen molar-refractivity contribution in [1.29, 1.82) is 0 Å². The molecule has 0 aromatic carbocycles. The lowest BCUT2D eigenvalue weighted by atomic mass is 10.2. The molecule has 4 N–H and O–H groups in total. The summed E-state index contributed by atoms with van der Waals surface area (Å²) in [4.78, 5) is 17.3. The summed E-state index contributed by atoms with van der Waals surface area (Å²) >= 11 is 0. The van der Waals surface area contributed by atoms with Crippen molar-refractivity contribution in [2.45, 2.75) is 13.0 Å². The van der Waals surface area contributed by atoms with E-state index in [1.54, 1.807) is 14.0 Å². The fraction of sp³-hybridized carbons (Fsp3) is 0.364. The second-order valence-corrected chi connectivity index (χ2v) is 3.87. The van der Waals surface area contributed by atoms with Gasteiger partial charge in [0.25, 0.3) is 5.91 Å². The number of aliphatic hydroxyl groups excluding tert-OH is 1. The van der Waals surface area contributed by atoms with Gasteiger partial charge in [0.1, 0.15) is 5.69 Å². The van der Waals surface area contributed by atoms with Crippen molar-refractivity contribution in [2.24, 2.45) is 10.9 Å². The SMILES string of the molecule is CC(CO)N(C)C(=O)c1ccc(/C(N)=N/O)cn1. The van der Waals surface area contributed by atoms with E-state index in [9.17, 15) is 4.79 Å². The number of aromatic nitrogens is 1. The Bertz CT molecular complexity index is 444. The van der Waals surface area contributed by atoms with Gasteiger partial charge < -0.3 is 20.9 Å². The second kappa shape index (κ2) is 5.97. The van der Waals surface area contributed by atoms with Crippen LogP contribution in [0.25, 0.3) is 0 Å². The van der Waals surface area contributed by atoms with E-state index in [1.807, 2.05) is 0 Å². The quantitative estimate of drug-likeness (QED) is 0.293. The van der Waals surface area contributed by atoms with Crippen LogP contribution in [0.5, 0.6) is 0 Å². The van der Waals surface area contributed by atoms with E-state index >= 15 is 0 Å². The Morgan fingerprint density at radius 1 is 1.61 bits per heavy atom. The van der Waals surface area contributed by atoms with Gasteiger partial charge in [0, 0.05) is 18.8 Å². The molecule has 18 heavy (non-hydrogen) atoms. The molecule has 98 valence electrons. The number of aliphatic hydroxyl groups is 1. The zero-order valence-corrected chi connectivity index (χ0v) is 10.2. The van der Waals surface area contributed by atoms with Gasteiger partial charge in [0.2, 0.25) is 0 Å². The molecule has 7 nitrogen and oxygen atoms in total. The smallest absolute Gasteiger partial charge is 0.272 e. The summed E-state index contributed by atoms with van der Waals surface area (Å²) in [5, 5.41) is 20.3. The number of hydrogen-bond acceptors (Lipinski definition) is 5. The Kier molecular flexibility index (Phi) is 4.61. The van der Waals surface area contributed by atoms with Crippen LogP contribution in [0.1, 0.15) is 23.0 Å². The molecule has 1 aromatic heterocycles. The number of hydrogen-bond donors (Lipinski definition) is 3. The molecule has 0 aliphatic rings. The van der Waals surface area contributed by atoms with Crippen molar-refractivity contribution in [1.82, 2.24) is 9.88 Å². The molecule has 0 fully saturated rings. The van der Waals surface area contributed by atoms with Crippen LogP contribution in [0.2, 0.25) is 0 Å². The number of amidine groups is 1. The Balaban J connectivity index is 2.89. The average molecular weight is 252 g/mol. The molecule has 1 atom stereocenters. The lowest BCUT2D eigenvalue weighted by Crippen LogP contribution is -2.37. The number of carbonyl (C=O) groups is 1. The Morgan fingerprint density at radius 2 is 2.28 bits per heavy atom. The summed E-state index contributed by atoms with van der Waals surface area (Å²) in [5.41, 5.74) is 6.03. The van der Waals surface area contributed by atoms with Crippen LogP contribution in [-0.4, -0.2) is 51.6 Å². The van der Waals surface area contributed by atoms with E-state index in [0.717, 1.165) is 0 Å². The van der Waals surface area contributed by atoms with Crippen LogP contribution in [0.15, 0.2) is 23.5 Å². The summed E-state index contributed by atoms with van der Waals surface area (Å²) in [6, 6.07) is 2.73. The normalized spacial score (nSPS) is 13.2. The molecule has 0 aliphatic carbocycles. The van der Waals surface area contributed by atoms with Gasteiger partial charge in [-0.1, -0.05) is 5.16 Å². The molecule has 1 amide bonds. The Hall–Kier alpha value is -2.15. The predicted octanol–water partition coefficient (Wildman–Crippen LogP) is -0.371. The lowest BCUT2D eigenvalue weighted by Gasteiger charge is -2.22. The first-order valence-corrected chi connectivity index (χ1v) is 5.33. The molecule has 0 radical (unpaired) electrons. The fourth-order valence-electron chi connectivity index (χ4n) is 1.23. The first-order valence-electron chi connectivity index (χ1n) is 5.33. The van der Waals surface area contributed by atoms with E-state index in [1.165, 1.54) is 23.2 Å². The van der Waals surface area contributed by atoms with Crippen molar-refractivity contribution < 1.29 is 15.1 Å². The third-order valence-electron chi connectivity index (χ3n) is 2.63. The third kappa shape index (κ3) is 2.95. The van der Waals surface area contributed by atoms with Gasteiger partial charge in [-0.15, -0.1) is 0 Å².